The average molecular weight is 354 g/mol. The molecule has 5 N–H and O–H groups in total. The maximum Gasteiger partial charge on any atom is 0.221 e. The van der Waals surface area contributed by atoms with Crippen molar-refractivity contribution in [1.29, 1.82) is 5.41 Å². The Kier molecular flexibility index (Phi) is 8.24. The molecule has 0 amide bonds. The van der Waals surface area contributed by atoms with E-state index in [1.807, 2.05) is 29.2 Å². The van der Waals surface area contributed by atoms with Crippen molar-refractivity contribution in [3.8, 4) is 0 Å². The minimum absolute atomic E-state index is 0. The lowest BCUT2D eigenvalue weighted by molar-refractivity contribution is 0.380. The molecule has 0 unspecified atom stereocenters. The van der Waals surface area contributed by atoms with E-state index in [-0.39, 0.29) is 36.7 Å². The highest BCUT2D eigenvalue weighted by molar-refractivity contribution is 6.30. The molecule has 1 fully saturated rings. The van der Waals surface area contributed by atoms with Crippen molar-refractivity contribution in [2.24, 2.45) is 16.5 Å². The Bertz CT molecular complexity index is 496. The van der Waals surface area contributed by atoms with E-state index in [4.69, 9.17) is 28.5 Å². The zero-order valence-electron chi connectivity index (χ0n) is 11.3. The number of nitrogens with two attached hydrogens (primary N) is 2. The molecule has 0 saturated carbocycles. The number of benzene rings is 1. The number of nitrogens with one attached hydrogen (secondary N) is 1. The van der Waals surface area contributed by atoms with E-state index >= 15 is 0 Å². The normalized spacial score (nSPS) is 13.8. The van der Waals surface area contributed by atoms with E-state index < -0.39 is 0 Å². The molecule has 1 aliphatic rings. The summed E-state index contributed by atoms with van der Waals surface area (Å²) in [5.74, 6) is 0.0352. The van der Waals surface area contributed by atoms with Gasteiger partial charge in [-0.15, -0.1) is 24.8 Å². The molecule has 1 aliphatic heterocycles. The molecule has 1 saturated heterocycles. The van der Waals surface area contributed by atoms with Crippen LogP contribution in [0.2, 0.25) is 5.02 Å². The molecule has 6 nitrogen and oxygen atoms in total. The van der Waals surface area contributed by atoms with E-state index in [0.29, 0.717) is 13.1 Å². The topological polar surface area (TPSA) is 94.7 Å². The molecule has 0 spiro atoms. The van der Waals surface area contributed by atoms with Crippen LogP contribution < -0.4 is 16.4 Å². The Labute approximate surface area is 141 Å². The minimum Gasteiger partial charge on any atom is -0.370 e. The predicted octanol–water partition coefficient (Wildman–Crippen LogP) is 1.51. The highest BCUT2D eigenvalue weighted by atomic mass is 35.5. The van der Waals surface area contributed by atoms with E-state index in [0.717, 1.165) is 23.8 Å². The Morgan fingerprint density at radius 1 is 1.14 bits per heavy atom. The Balaban J connectivity index is 0.00000200. The summed E-state index contributed by atoms with van der Waals surface area (Å²) in [5, 5.41) is 8.49. The minimum atomic E-state index is -0.0812. The van der Waals surface area contributed by atoms with Gasteiger partial charge < -0.3 is 21.3 Å². The van der Waals surface area contributed by atoms with Crippen LogP contribution >= 0.6 is 36.4 Å². The molecular weight excluding hydrogens is 335 g/mol. The van der Waals surface area contributed by atoms with Crippen molar-refractivity contribution in [3.63, 3.8) is 0 Å². The third-order valence-electron chi connectivity index (χ3n) is 2.99. The standard InChI is InChI=1S/C12H17ClN6.2ClH/c13-9-2-1-3-10(8-9)18-4-6-19(7-5-18)12(16)17-11(14)15;;/h1-3,8H,4-7H2,(H5,14,15,16,17);2*1H. The van der Waals surface area contributed by atoms with Crippen LogP contribution in [0.3, 0.4) is 0 Å². The lowest BCUT2D eigenvalue weighted by atomic mass is 10.2. The van der Waals surface area contributed by atoms with Crippen LogP contribution in [-0.2, 0) is 0 Å². The van der Waals surface area contributed by atoms with Crippen molar-refractivity contribution >= 4 is 54.0 Å². The molecule has 1 aromatic rings. The van der Waals surface area contributed by atoms with Crippen molar-refractivity contribution in [2.45, 2.75) is 0 Å². The van der Waals surface area contributed by atoms with E-state index in [2.05, 4.69) is 9.89 Å². The summed E-state index contributed by atoms with van der Waals surface area (Å²) < 4.78 is 0. The summed E-state index contributed by atoms with van der Waals surface area (Å²) in [7, 11) is 0. The number of anilines is 1. The molecule has 9 heteroatoms. The van der Waals surface area contributed by atoms with Gasteiger partial charge in [0.25, 0.3) is 0 Å². The Morgan fingerprint density at radius 2 is 1.76 bits per heavy atom. The van der Waals surface area contributed by atoms with Gasteiger partial charge in [0.1, 0.15) is 0 Å². The van der Waals surface area contributed by atoms with Gasteiger partial charge in [0.05, 0.1) is 0 Å². The van der Waals surface area contributed by atoms with Crippen molar-refractivity contribution in [2.75, 3.05) is 31.1 Å². The lowest BCUT2D eigenvalue weighted by Crippen LogP contribution is -2.48. The Hall–Kier alpha value is -1.37. The predicted molar refractivity (Wildman–Crippen MR) is 93.3 cm³/mol. The number of rotatable bonds is 1. The molecule has 0 atom stereocenters. The van der Waals surface area contributed by atoms with Gasteiger partial charge in [-0.1, -0.05) is 17.7 Å². The maximum atomic E-state index is 7.76. The average Bonchev–Trinajstić information content (AvgIpc) is 2.38. The highest BCUT2D eigenvalue weighted by Crippen LogP contribution is 2.20. The van der Waals surface area contributed by atoms with Gasteiger partial charge >= 0.3 is 0 Å². The van der Waals surface area contributed by atoms with Crippen molar-refractivity contribution < 1.29 is 0 Å². The monoisotopic (exact) mass is 352 g/mol. The van der Waals surface area contributed by atoms with Crippen LogP contribution in [0.1, 0.15) is 0 Å². The first-order chi connectivity index (χ1) is 9.06. The molecule has 1 heterocycles. The zero-order valence-corrected chi connectivity index (χ0v) is 13.7. The first kappa shape index (κ1) is 19.6. The number of halogens is 3. The second-order valence-electron chi connectivity index (χ2n) is 4.31. The lowest BCUT2D eigenvalue weighted by Gasteiger charge is -2.36. The quantitative estimate of drug-likeness (QED) is 0.527. The Morgan fingerprint density at radius 3 is 2.29 bits per heavy atom. The van der Waals surface area contributed by atoms with Crippen LogP contribution in [0.4, 0.5) is 5.69 Å². The van der Waals surface area contributed by atoms with Gasteiger partial charge in [-0.05, 0) is 18.2 Å². The first-order valence-electron chi connectivity index (χ1n) is 6.00. The fourth-order valence-electron chi connectivity index (χ4n) is 2.04. The summed E-state index contributed by atoms with van der Waals surface area (Å²) in [6, 6.07) is 7.77. The highest BCUT2D eigenvalue weighted by Gasteiger charge is 2.19. The van der Waals surface area contributed by atoms with Gasteiger partial charge in [0.2, 0.25) is 5.96 Å². The molecular formula is C12H19Cl3N6. The summed E-state index contributed by atoms with van der Waals surface area (Å²) in [6.45, 7) is 3.04. The molecule has 0 radical (unpaired) electrons. The smallest absolute Gasteiger partial charge is 0.221 e. The van der Waals surface area contributed by atoms with Crippen molar-refractivity contribution in [1.82, 2.24) is 4.90 Å². The summed E-state index contributed by atoms with van der Waals surface area (Å²) in [5.41, 5.74) is 11.6. The molecule has 2 rings (SSSR count). The van der Waals surface area contributed by atoms with Crippen LogP contribution in [0.5, 0.6) is 0 Å². The first-order valence-corrected chi connectivity index (χ1v) is 6.38. The zero-order chi connectivity index (χ0) is 13.8. The van der Waals surface area contributed by atoms with Crippen LogP contribution in [-0.4, -0.2) is 43.0 Å². The van der Waals surface area contributed by atoms with E-state index in [1.54, 1.807) is 0 Å². The maximum absolute atomic E-state index is 7.76. The molecule has 0 bridgehead atoms. The fourth-order valence-corrected chi connectivity index (χ4v) is 2.23. The van der Waals surface area contributed by atoms with Crippen LogP contribution in [0, 0.1) is 5.41 Å². The second-order valence-corrected chi connectivity index (χ2v) is 4.75. The number of nitrogens with zero attached hydrogens (tertiary/aromatic N) is 3. The van der Waals surface area contributed by atoms with E-state index in [9.17, 15) is 0 Å². The SMILES string of the molecule is Cl.Cl.N=C(N=C(N)N)N1CCN(c2cccc(Cl)c2)CC1. The van der Waals surface area contributed by atoms with Gasteiger partial charge in [-0.25, -0.2) is 0 Å². The number of hydrogen-bond acceptors (Lipinski definition) is 2. The largest absolute Gasteiger partial charge is 0.370 e. The summed E-state index contributed by atoms with van der Waals surface area (Å²) in [4.78, 5) is 7.83. The summed E-state index contributed by atoms with van der Waals surface area (Å²) in [6.07, 6.45) is 0. The van der Waals surface area contributed by atoms with Gasteiger partial charge in [-0.3, -0.25) is 5.41 Å². The third kappa shape index (κ3) is 5.49. The molecule has 0 aliphatic carbocycles. The van der Waals surface area contributed by atoms with Gasteiger partial charge in [-0.2, -0.15) is 4.99 Å². The van der Waals surface area contributed by atoms with E-state index in [1.165, 1.54) is 0 Å². The number of piperazine rings is 1. The van der Waals surface area contributed by atoms with Crippen molar-refractivity contribution in [3.05, 3.63) is 29.3 Å². The fraction of sp³-hybridized carbons (Fsp3) is 0.333. The number of aliphatic imine (C=N–C) groups is 1. The van der Waals surface area contributed by atoms with Crippen LogP contribution in [0.15, 0.2) is 29.3 Å². The van der Waals surface area contributed by atoms with Crippen LogP contribution in [0.25, 0.3) is 0 Å². The third-order valence-corrected chi connectivity index (χ3v) is 3.22. The number of hydrogen-bond donors (Lipinski definition) is 3. The van der Waals surface area contributed by atoms with Gasteiger partial charge in [0.15, 0.2) is 5.96 Å². The molecule has 1 aromatic carbocycles. The molecule has 118 valence electrons. The van der Waals surface area contributed by atoms with Gasteiger partial charge in [0, 0.05) is 36.9 Å². The summed E-state index contributed by atoms with van der Waals surface area (Å²) >= 11 is 5.98. The second kappa shape index (κ2) is 8.81. The number of guanidine groups is 2. The molecule has 0 aromatic heterocycles. The molecule has 21 heavy (non-hydrogen) atoms.